The number of amides is 1. The van der Waals surface area contributed by atoms with Crippen LogP contribution in [-0.4, -0.2) is 25.0 Å². The Kier molecular flexibility index (Phi) is 1.82. The van der Waals surface area contributed by atoms with Gasteiger partial charge in [-0.15, -0.1) is 0 Å². The van der Waals surface area contributed by atoms with Gasteiger partial charge in [0.2, 0.25) is 5.91 Å². The van der Waals surface area contributed by atoms with Gasteiger partial charge in [-0.2, -0.15) is 0 Å². The lowest BCUT2D eigenvalue weighted by molar-refractivity contribution is -0.123. The number of rotatable bonds is 1. The van der Waals surface area contributed by atoms with Gasteiger partial charge in [0.15, 0.2) is 0 Å². The van der Waals surface area contributed by atoms with Crippen LogP contribution in [0, 0.1) is 5.92 Å². The fourth-order valence-corrected chi connectivity index (χ4v) is 2.05. The first-order chi connectivity index (χ1) is 5.38. The van der Waals surface area contributed by atoms with Crippen LogP contribution in [0.4, 0.5) is 0 Å². The third-order valence-electron chi connectivity index (χ3n) is 2.68. The van der Waals surface area contributed by atoms with E-state index in [-0.39, 0.29) is 11.8 Å². The number of carbonyl (C=O) groups excluding carboxylic acids is 1. The highest BCUT2D eigenvalue weighted by Crippen LogP contribution is 2.20. The van der Waals surface area contributed by atoms with E-state index in [0.717, 1.165) is 19.5 Å². The smallest absolute Gasteiger partial charge is 0.224 e. The van der Waals surface area contributed by atoms with E-state index in [4.69, 9.17) is 0 Å². The van der Waals surface area contributed by atoms with E-state index in [1.807, 2.05) is 0 Å². The molecule has 3 nitrogen and oxygen atoms in total. The van der Waals surface area contributed by atoms with Gasteiger partial charge >= 0.3 is 0 Å². The van der Waals surface area contributed by atoms with Gasteiger partial charge in [-0.1, -0.05) is 0 Å². The molecule has 2 rings (SSSR count). The van der Waals surface area contributed by atoms with Crippen molar-refractivity contribution >= 4 is 5.91 Å². The molecule has 0 radical (unpaired) electrons. The first-order valence-electron chi connectivity index (χ1n) is 4.39. The molecule has 2 aliphatic heterocycles. The SMILES string of the molecule is O=C1NCCC1[C@@H]1CCCN1. The lowest BCUT2D eigenvalue weighted by atomic mass is 9.97. The van der Waals surface area contributed by atoms with Crippen molar-refractivity contribution in [1.29, 1.82) is 0 Å². The average molecular weight is 154 g/mol. The Morgan fingerprint density at radius 2 is 2.18 bits per heavy atom. The number of nitrogens with one attached hydrogen (secondary N) is 2. The average Bonchev–Trinajstić information content (AvgIpc) is 2.55. The molecule has 0 aromatic heterocycles. The van der Waals surface area contributed by atoms with Gasteiger partial charge in [-0.3, -0.25) is 4.79 Å². The van der Waals surface area contributed by atoms with Gasteiger partial charge in [-0.25, -0.2) is 0 Å². The highest BCUT2D eigenvalue weighted by molar-refractivity contribution is 5.81. The van der Waals surface area contributed by atoms with Crippen molar-refractivity contribution in [1.82, 2.24) is 10.6 Å². The largest absolute Gasteiger partial charge is 0.356 e. The van der Waals surface area contributed by atoms with Crippen LogP contribution in [0.1, 0.15) is 19.3 Å². The zero-order valence-electron chi connectivity index (χ0n) is 6.60. The summed E-state index contributed by atoms with van der Waals surface area (Å²) in [6.07, 6.45) is 3.43. The van der Waals surface area contributed by atoms with E-state index in [1.165, 1.54) is 12.8 Å². The zero-order valence-corrected chi connectivity index (χ0v) is 6.60. The maximum absolute atomic E-state index is 11.2. The van der Waals surface area contributed by atoms with Gasteiger partial charge in [-0.05, 0) is 25.8 Å². The Labute approximate surface area is 66.5 Å². The van der Waals surface area contributed by atoms with Gasteiger partial charge in [0.05, 0.1) is 5.92 Å². The maximum atomic E-state index is 11.2. The van der Waals surface area contributed by atoms with E-state index in [0.29, 0.717) is 6.04 Å². The van der Waals surface area contributed by atoms with Crippen LogP contribution in [0.15, 0.2) is 0 Å². The molecule has 0 spiro atoms. The highest BCUT2D eigenvalue weighted by atomic mass is 16.2. The molecule has 2 fully saturated rings. The van der Waals surface area contributed by atoms with E-state index in [1.54, 1.807) is 0 Å². The Morgan fingerprint density at radius 3 is 2.73 bits per heavy atom. The third-order valence-corrected chi connectivity index (χ3v) is 2.68. The Bertz CT molecular complexity index is 163. The second kappa shape index (κ2) is 2.81. The zero-order chi connectivity index (χ0) is 7.68. The Hall–Kier alpha value is -0.570. The molecular formula is C8H14N2O. The summed E-state index contributed by atoms with van der Waals surface area (Å²) >= 11 is 0. The second-order valence-electron chi connectivity index (χ2n) is 3.39. The van der Waals surface area contributed by atoms with Gasteiger partial charge in [0, 0.05) is 12.6 Å². The molecule has 0 aromatic carbocycles. The van der Waals surface area contributed by atoms with Gasteiger partial charge in [0.25, 0.3) is 0 Å². The quantitative estimate of drug-likeness (QED) is 0.552. The number of hydrogen-bond donors (Lipinski definition) is 2. The monoisotopic (exact) mass is 154 g/mol. The molecule has 2 atom stereocenters. The van der Waals surface area contributed by atoms with Crippen LogP contribution in [0.2, 0.25) is 0 Å². The maximum Gasteiger partial charge on any atom is 0.224 e. The van der Waals surface area contributed by atoms with Crippen LogP contribution < -0.4 is 10.6 Å². The fraction of sp³-hybridized carbons (Fsp3) is 0.875. The highest BCUT2D eigenvalue weighted by Gasteiger charge is 2.33. The topological polar surface area (TPSA) is 41.1 Å². The molecular weight excluding hydrogens is 140 g/mol. The summed E-state index contributed by atoms with van der Waals surface area (Å²) < 4.78 is 0. The van der Waals surface area contributed by atoms with Crippen molar-refractivity contribution in [2.75, 3.05) is 13.1 Å². The van der Waals surface area contributed by atoms with E-state index < -0.39 is 0 Å². The molecule has 3 heteroatoms. The van der Waals surface area contributed by atoms with Crippen LogP contribution in [0.25, 0.3) is 0 Å². The summed E-state index contributed by atoms with van der Waals surface area (Å²) in [6.45, 7) is 1.97. The van der Waals surface area contributed by atoms with Crippen LogP contribution >= 0.6 is 0 Å². The summed E-state index contributed by atoms with van der Waals surface area (Å²) in [7, 11) is 0. The molecule has 11 heavy (non-hydrogen) atoms. The summed E-state index contributed by atoms with van der Waals surface area (Å²) in [6, 6.07) is 0.470. The molecule has 1 amide bonds. The van der Waals surface area contributed by atoms with Gasteiger partial charge in [0.1, 0.15) is 0 Å². The van der Waals surface area contributed by atoms with Crippen molar-refractivity contribution < 1.29 is 4.79 Å². The molecule has 2 aliphatic rings. The first-order valence-corrected chi connectivity index (χ1v) is 4.39. The summed E-state index contributed by atoms with van der Waals surface area (Å²) in [5.41, 5.74) is 0. The minimum absolute atomic E-state index is 0.254. The standard InChI is InChI=1S/C8H14N2O/c11-8-6(3-5-10-8)7-2-1-4-9-7/h6-7,9H,1-5H2,(H,10,11)/t6?,7-/m0/s1. The molecule has 2 saturated heterocycles. The van der Waals surface area contributed by atoms with Crippen LogP contribution in [0.5, 0.6) is 0 Å². The predicted molar refractivity (Wildman–Crippen MR) is 42.1 cm³/mol. The minimum atomic E-state index is 0.254. The third kappa shape index (κ3) is 1.25. The van der Waals surface area contributed by atoms with E-state index in [9.17, 15) is 4.79 Å². The van der Waals surface area contributed by atoms with Crippen LogP contribution in [0.3, 0.4) is 0 Å². The van der Waals surface area contributed by atoms with Crippen molar-refractivity contribution in [3.8, 4) is 0 Å². The lowest BCUT2D eigenvalue weighted by Gasteiger charge is -2.14. The molecule has 0 bridgehead atoms. The molecule has 2 N–H and O–H groups in total. The number of hydrogen-bond acceptors (Lipinski definition) is 2. The summed E-state index contributed by atoms with van der Waals surface area (Å²) in [5.74, 6) is 0.516. The molecule has 2 heterocycles. The minimum Gasteiger partial charge on any atom is -0.356 e. The van der Waals surface area contributed by atoms with Gasteiger partial charge < -0.3 is 10.6 Å². The Morgan fingerprint density at radius 1 is 1.27 bits per heavy atom. The number of carbonyl (C=O) groups is 1. The molecule has 0 aliphatic carbocycles. The molecule has 0 aromatic rings. The predicted octanol–water partition coefficient (Wildman–Crippen LogP) is -0.126. The van der Waals surface area contributed by atoms with Crippen molar-refractivity contribution in [2.24, 2.45) is 5.92 Å². The molecule has 62 valence electrons. The van der Waals surface area contributed by atoms with E-state index in [2.05, 4.69) is 10.6 Å². The molecule has 1 unspecified atom stereocenters. The normalized spacial score (nSPS) is 37.6. The fourth-order valence-electron chi connectivity index (χ4n) is 2.05. The van der Waals surface area contributed by atoms with Crippen molar-refractivity contribution in [2.45, 2.75) is 25.3 Å². The molecule has 0 saturated carbocycles. The lowest BCUT2D eigenvalue weighted by Crippen LogP contribution is -2.35. The second-order valence-corrected chi connectivity index (χ2v) is 3.39. The summed E-state index contributed by atoms with van der Waals surface area (Å²) in [4.78, 5) is 11.2. The van der Waals surface area contributed by atoms with Crippen LogP contribution in [-0.2, 0) is 4.79 Å². The van der Waals surface area contributed by atoms with Crippen molar-refractivity contribution in [3.63, 3.8) is 0 Å². The summed E-state index contributed by atoms with van der Waals surface area (Å²) in [5, 5.41) is 6.24. The Balaban J connectivity index is 1.97. The first kappa shape index (κ1) is 7.10. The van der Waals surface area contributed by atoms with Crippen molar-refractivity contribution in [3.05, 3.63) is 0 Å². The van der Waals surface area contributed by atoms with E-state index >= 15 is 0 Å².